The summed E-state index contributed by atoms with van der Waals surface area (Å²) in [4.78, 5) is 24.1. The van der Waals surface area contributed by atoms with Crippen LogP contribution in [0.1, 0.15) is 21.5 Å². The smallest absolute Gasteiger partial charge is 0.302 e. The second-order valence-corrected chi connectivity index (χ2v) is 5.80. The number of thiazole rings is 1. The number of carbonyl (C=O) groups excluding carboxylic acids is 1. The average molecular weight is 283 g/mol. The summed E-state index contributed by atoms with van der Waals surface area (Å²) < 4.78 is 2.44. The molecule has 0 saturated carbocycles. The standard InChI is InChI=1S/C16H13NO2S/c1-10-4-3-5-11(8-10)15(18)12-6-7-13-14(9-12)20-16(19)17(13)2/h3-9H,1-2H3. The predicted molar refractivity (Wildman–Crippen MR) is 81.7 cm³/mol. The van der Waals surface area contributed by atoms with E-state index in [9.17, 15) is 9.59 Å². The molecule has 0 fully saturated rings. The van der Waals surface area contributed by atoms with Crippen LogP contribution in [0.5, 0.6) is 0 Å². The number of carbonyl (C=O) groups is 1. The second kappa shape index (κ2) is 4.72. The van der Waals surface area contributed by atoms with E-state index in [2.05, 4.69) is 0 Å². The lowest BCUT2D eigenvalue weighted by atomic mass is 10.0. The number of fused-ring (bicyclic) bond motifs is 1. The van der Waals surface area contributed by atoms with Gasteiger partial charge in [0.2, 0.25) is 0 Å². The summed E-state index contributed by atoms with van der Waals surface area (Å²) in [5.74, 6) is -0.0147. The van der Waals surface area contributed by atoms with Crippen LogP contribution >= 0.6 is 11.3 Å². The van der Waals surface area contributed by atoms with Crippen LogP contribution in [0.15, 0.2) is 47.3 Å². The van der Waals surface area contributed by atoms with Crippen LogP contribution in [0, 0.1) is 6.92 Å². The zero-order valence-electron chi connectivity index (χ0n) is 11.2. The quantitative estimate of drug-likeness (QED) is 0.678. The van der Waals surface area contributed by atoms with Crippen molar-refractivity contribution in [2.45, 2.75) is 6.92 Å². The Balaban J connectivity index is 2.10. The van der Waals surface area contributed by atoms with E-state index in [4.69, 9.17) is 0 Å². The molecule has 3 rings (SSSR count). The predicted octanol–water partition coefficient (Wildman–Crippen LogP) is 3.14. The molecule has 0 aliphatic rings. The summed E-state index contributed by atoms with van der Waals surface area (Å²) in [6, 6.07) is 12.9. The van der Waals surface area contributed by atoms with Crippen LogP contribution in [0.2, 0.25) is 0 Å². The summed E-state index contributed by atoms with van der Waals surface area (Å²) in [6.07, 6.45) is 0. The number of aromatic nitrogens is 1. The minimum atomic E-state index is -0.0147. The zero-order valence-corrected chi connectivity index (χ0v) is 12.0. The van der Waals surface area contributed by atoms with Gasteiger partial charge >= 0.3 is 4.87 Å². The maximum atomic E-state index is 12.5. The summed E-state index contributed by atoms with van der Waals surface area (Å²) in [7, 11) is 1.74. The molecular formula is C16H13NO2S. The third-order valence-electron chi connectivity index (χ3n) is 3.33. The molecular weight excluding hydrogens is 270 g/mol. The molecule has 100 valence electrons. The molecule has 0 unspecified atom stereocenters. The molecule has 0 amide bonds. The Morgan fingerprint density at radius 3 is 2.60 bits per heavy atom. The van der Waals surface area contributed by atoms with E-state index in [1.165, 1.54) is 0 Å². The molecule has 3 nitrogen and oxygen atoms in total. The monoisotopic (exact) mass is 283 g/mol. The third kappa shape index (κ3) is 2.08. The molecule has 0 radical (unpaired) electrons. The number of hydrogen-bond donors (Lipinski definition) is 0. The fourth-order valence-electron chi connectivity index (χ4n) is 2.23. The van der Waals surface area contributed by atoms with Crippen LogP contribution in [0.3, 0.4) is 0 Å². The SMILES string of the molecule is Cc1cccc(C(=O)c2ccc3c(c2)sc(=O)n3C)c1. The van der Waals surface area contributed by atoms with Gasteiger partial charge in [0, 0.05) is 18.2 Å². The molecule has 1 aromatic heterocycles. The van der Waals surface area contributed by atoms with Crippen molar-refractivity contribution in [3.8, 4) is 0 Å². The lowest BCUT2D eigenvalue weighted by Gasteiger charge is -2.03. The van der Waals surface area contributed by atoms with Crippen molar-refractivity contribution >= 4 is 27.3 Å². The van der Waals surface area contributed by atoms with E-state index in [0.29, 0.717) is 11.1 Å². The van der Waals surface area contributed by atoms with Crippen molar-refractivity contribution in [1.29, 1.82) is 0 Å². The summed E-state index contributed by atoms with van der Waals surface area (Å²) in [5, 5.41) is 0. The van der Waals surface area contributed by atoms with Crippen molar-refractivity contribution in [2.75, 3.05) is 0 Å². The minimum Gasteiger partial charge on any atom is -0.302 e. The first-order valence-corrected chi connectivity index (χ1v) is 7.09. The molecule has 0 aliphatic heterocycles. The highest BCUT2D eigenvalue weighted by Gasteiger charge is 2.12. The van der Waals surface area contributed by atoms with Crippen LogP contribution in [-0.2, 0) is 7.05 Å². The van der Waals surface area contributed by atoms with Gasteiger partial charge in [0.1, 0.15) is 0 Å². The lowest BCUT2D eigenvalue weighted by molar-refractivity contribution is 0.103. The first-order valence-electron chi connectivity index (χ1n) is 6.27. The molecule has 0 spiro atoms. The van der Waals surface area contributed by atoms with Gasteiger partial charge in [-0.1, -0.05) is 35.1 Å². The van der Waals surface area contributed by atoms with Crippen molar-refractivity contribution in [2.24, 2.45) is 7.05 Å². The van der Waals surface area contributed by atoms with Gasteiger partial charge in [-0.15, -0.1) is 0 Å². The Morgan fingerprint density at radius 1 is 1.10 bits per heavy atom. The van der Waals surface area contributed by atoms with Gasteiger partial charge in [0.15, 0.2) is 5.78 Å². The largest absolute Gasteiger partial charge is 0.307 e. The lowest BCUT2D eigenvalue weighted by Crippen LogP contribution is -2.06. The Morgan fingerprint density at radius 2 is 1.85 bits per heavy atom. The van der Waals surface area contributed by atoms with Crippen LogP contribution in [0.25, 0.3) is 10.2 Å². The van der Waals surface area contributed by atoms with E-state index in [0.717, 1.165) is 27.1 Å². The topological polar surface area (TPSA) is 39.1 Å². The molecule has 3 aromatic rings. The number of hydrogen-bond acceptors (Lipinski definition) is 3. The molecule has 0 atom stereocenters. The molecule has 1 heterocycles. The van der Waals surface area contributed by atoms with Crippen molar-refractivity contribution in [1.82, 2.24) is 4.57 Å². The Bertz CT molecular complexity index is 874. The summed E-state index contributed by atoms with van der Waals surface area (Å²) in [6.45, 7) is 1.96. The average Bonchev–Trinajstić information content (AvgIpc) is 2.73. The van der Waals surface area contributed by atoms with Crippen LogP contribution < -0.4 is 4.87 Å². The van der Waals surface area contributed by atoms with E-state index in [-0.39, 0.29) is 10.7 Å². The van der Waals surface area contributed by atoms with E-state index >= 15 is 0 Å². The highest BCUT2D eigenvalue weighted by atomic mass is 32.1. The van der Waals surface area contributed by atoms with Gasteiger partial charge in [-0.3, -0.25) is 9.59 Å². The van der Waals surface area contributed by atoms with Gasteiger partial charge < -0.3 is 4.57 Å². The molecule has 0 saturated heterocycles. The number of rotatable bonds is 2. The number of benzene rings is 2. The number of ketones is 1. The Labute approximate surface area is 120 Å². The molecule has 0 aliphatic carbocycles. The molecule has 2 aromatic carbocycles. The minimum absolute atomic E-state index is 0.0137. The van der Waals surface area contributed by atoms with Gasteiger partial charge in [0.25, 0.3) is 0 Å². The van der Waals surface area contributed by atoms with Crippen LogP contribution in [0.4, 0.5) is 0 Å². The van der Waals surface area contributed by atoms with Gasteiger partial charge in [-0.25, -0.2) is 0 Å². The van der Waals surface area contributed by atoms with Gasteiger partial charge in [0.05, 0.1) is 10.2 Å². The summed E-state index contributed by atoms with van der Waals surface area (Å²) in [5.41, 5.74) is 3.21. The number of nitrogens with zero attached hydrogens (tertiary/aromatic N) is 1. The van der Waals surface area contributed by atoms with Crippen LogP contribution in [-0.4, -0.2) is 10.4 Å². The highest BCUT2D eigenvalue weighted by molar-refractivity contribution is 7.16. The summed E-state index contributed by atoms with van der Waals surface area (Å²) >= 11 is 1.16. The first-order chi connectivity index (χ1) is 9.56. The molecule has 20 heavy (non-hydrogen) atoms. The third-order valence-corrected chi connectivity index (χ3v) is 4.33. The van der Waals surface area contributed by atoms with E-state index in [1.54, 1.807) is 23.7 Å². The van der Waals surface area contributed by atoms with Crippen molar-refractivity contribution in [3.63, 3.8) is 0 Å². The molecule has 4 heteroatoms. The van der Waals surface area contributed by atoms with Gasteiger partial charge in [-0.2, -0.15) is 0 Å². The Hall–Kier alpha value is -2.20. The highest BCUT2D eigenvalue weighted by Crippen LogP contribution is 2.20. The molecule has 0 bridgehead atoms. The second-order valence-electron chi connectivity index (χ2n) is 4.81. The van der Waals surface area contributed by atoms with E-state index < -0.39 is 0 Å². The molecule has 0 N–H and O–H groups in total. The Kier molecular flexibility index (Phi) is 3.03. The fraction of sp³-hybridized carbons (Fsp3) is 0.125. The van der Waals surface area contributed by atoms with Gasteiger partial charge in [-0.05, 0) is 31.2 Å². The maximum Gasteiger partial charge on any atom is 0.307 e. The van der Waals surface area contributed by atoms with Crippen molar-refractivity contribution in [3.05, 3.63) is 68.8 Å². The first kappa shape index (κ1) is 12.8. The normalized spacial score (nSPS) is 10.9. The maximum absolute atomic E-state index is 12.5. The van der Waals surface area contributed by atoms with E-state index in [1.807, 2.05) is 37.3 Å². The van der Waals surface area contributed by atoms with Crippen molar-refractivity contribution < 1.29 is 4.79 Å². The zero-order chi connectivity index (χ0) is 14.3. The fourth-order valence-corrected chi connectivity index (χ4v) is 3.15. The number of aryl methyl sites for hydroxylation is 2.